The molecule has 0 saturated carbocycles. The monoisotopic (exact) mass is 386 g/mol. The fraction of sp³-hybridized carbons (Fsp3) is 0.167. The van der Waals surface area contributed by atoms with Crippen molar-refractivity contribution in [3.8, 4) is 0 Å². The van der Waals surface area contributed by atoms with E-state index in [1.165, 1.54) is 15.9 Å². The zero-order valence-electron chi connectivity index (χ0n) is 14.0. The average molecular weight is 387 g/mol. The van der Waals surface area contributed by atoms with Crippen LogP contribution < -0.4 is 16.6 Å². The Morgan fingerprint density at radius 1 is 1.27 bits per heavy atom. The number of hydrogen-bond donors (Lipinski definition) is 2. The van der Waals surface area contributed by atoms with Crippen molar-refractivity contribution in [1.29, 1.82) is 0 Å². The number of thiazole rings is 1. The molecule has 0 saturated heterocycles. The lowest BCUT2D eigenvalue weighted by Gasteiger charge is -2.18. The summed E-state index contributed by atoms with van der Waals surface area (Å²) in [5.41, 5.74) is 2.23. The largest absolute Gasteiger partial charge is 0.365 e. The second-order valence-electron chi connectivity index (χ2n) is 6.01. The van der Waals surface area contributed by atoms with E-state index in [9.17, 15) is 9.59 Å². The van der Waals surface area contributed by atoms with Crippen LogP contribution >= 0.6 is 22.9 Å². The third-order valence-electron chi connectivity index (χ3n) is 4.39. The van der Waals surface area contributed by atoms with Crippen LogP contribution in [0.15, 0.2) is 34.0 Å². The van der Waals surface area contributed by atoms with Crippen LogP contribution in [-0.4, -0.2) is 21.6 Å². The van der Waals surface area contributed by atoms with E-state index in [0.717, 1.165) is 26.8 Å². The standard InChI is InChI=1S/C18H15ClN4O2S/c1-20-17-21-15-13(26-17)6-3-9-7-10(19)4-5-11(9)14(15)12-8-23(2)18(25)22-16(12)24/h3-8,14H,1-2H3,(H,20,21)(H,22,24,25). The summed E-state index contributed by atoms with van der Waals surface area (Å²) in [6.07, 6.45) is 5.55. The smallest absolute Gasteiger partial charge is 0.328 e. The second kappa shape index (κ2) is 6.26. The summed E-state index contributed by atoms with van der Waals surface area (Å²) in [5, 5.41) is 4.44. The molecule has 0 fully saturated rings. The highest BCUT2D eigenvalue weighted by Crippen LogP contribution is 2.41. The molecule has 0 aliphatic heterocycles. The van der Waals surface area contributed by atoms with E-state index in [-0.39, 0.29) is 0 Å². The van der Waals surface area contributed by atoms with E-state index < -0.39 is 17.2 Å². The minimum absolute atomic E-state index is 0.402. The first-order valence-corrected chi connectivity index (χ1v) is 9.13. The molecule has 132 valence electrons. The van der Waals surface area contributed by atoms with Crippen molar-refractivity contribution < 1.29 is 0 Å². The molecule has 2 aromatic heterocycles. The first-order valence-electron chi connectivity index (χ1n) is 7.94. The molecule has 1 unspecified atom stereocenters. The lowest BCUT2D eigenvalue weighted by atomic mass is 9.87. The minimum atomic E-state index is -0.448. The summed E-state index contributed by atoms with van der Waals surface area (Å²) >= 11 is 7.68. The van der Waals surface area contributed by atoms with Crippen molar-refractivity contribution in [1.82, 2.24) is 14.5 Å². The van der Waals surface area contributed by atoms with E-state index >= 15 is 0 Å². The van der Waals surface area contributed by atoms with Gasteiger partial charge in [0.1, 0.15) is 0 Å². The highest BCUT2D eigenvalue weighted by atomic mass is 35.5. The van der Waals surface area contributed by atoms with Gasteiger partial charge in [0, 0.05) is 30.9 Å². The van der Waals surface area contributed by atoms with Gasteiger partial charge < -0.3 is 9.88 Å². The zero-order chi connectivity index (χ0) is 18.4. The summed E-state index contributed by atoms with van der Waals surface area (Å²) < 4.78 is 1.37. The predicted octanol–water partition coefficient (Wildman–Crippen LogP) is 2.89. The Balaban J connectivity index is 2.06. The molecule has 6 nitrogen and oxygen atoms in total. The van der Waals surface area contributed by atoms with Crippen LogP contribution in [-0.2, 0) is 7.05 Å². The first-order chi connectivity index (χ1) is 12.5. The molecule has 1 aromatic carbocycles. The molecular weight excluding hydrogens is 372 g/mol. The van der Waals surface area contributed by atoms with E-state index in [4.69, 9.17) is 11.6 Å². The summed E-state index contributed by atoms with van der Waals surface area (Å²) in [6.45, 7) is 0. The van der Waals surface area contributed by atoms with E-state index in [1.54, 1.807) is 19.3 Å². The first kappa shape index (κ1) is 16.8. The normalized spacial score (nSPS) is 15.3. The van der Waals surface area contributed by atoms with Gasteiger partial charge in [0.25, 0.3) is 5.56 Å². The molecule has 1 aliphatic carbocycles. The molecular formula is C18H15ClN4O2S. The van der Waals surface area contributed by atoms with Crippen LogP contribution in [0.5, 0.6) is 0 Å². The van der Waals surface area contributed by atoms with Gasteiger partial charge in [-0.15, -0.1) is 0 Å². The number of H-pyrrole nitrogens is 1. The maximum Gasteiger partial charge on any atom is 0.328 e. The molecule has 26 heavy (non-hydrogen) atoms. The van der Waals surface area contributed by atoms with Gasteiger partial charge in [-0.3, -0.25) is 9.78 Å². The van der Waals surface area contributed by atoms with Crippen LogP contribution in [0.3, 0.4) is 0 Å². The van der Waals surface area contributed by atoms with E-state index in [1.807, 2.05) is 31.3 Å². The van der Waals surface area contributed by atoms with E-state index in [2.05, 4.69) is 15.3 Å². The van der Waals surface area contributed by atoms with Crippen molar-refractivity contribution in [2.75, 3.05) is 12.4 Å². The Morgan fingerprint density at radius 3 is 2.85 bits per heavy atom. The van der Waals surface area contributed by atoms with Gasteiger partial charge in [-0.05, 0) is 29.3 Å². The van der Waals surface area contributed by atoms with Gasteiger partial charge in [0.05, 0.1) is 16.5 Å². The number of nitrogens with one attached hydrogen (secondary N) is 2. The van der Waals surface area contributed by atoms with Crippen molar-refractivity contribution in [2.45, 2.75) is 5.92 Å². The fourth-order valence-corrected chi connectivity index (χ4v) is 4.19. The summed E-state index contributed by atoms with van der Waals surface area (Å²) in [4.78, 5) is 32.4. The SMILES string of the molecule is CNc1nc2c(s1)C=Cc1cc(Cl)ccc1C2c1cn(C)c(=O)[nH]c1=O. The molecule has 0 amide bonds. The van der Waals surface area contributed by atoms with Gasteiger partial charge in [-0.25, -0.2) is 9.78 Å². The highest BCUT2D eigenvalue weighted by Gasteiger charge is 2.29. The Kier molecular flexibility index (Phi) is 4.05. The summed E-state index contributed by atoms with van der Waals surface area (Å²) in [5.74, 6) is -0.402. The van der Waals surface area contributed by atoms with E-state index in [0.29, 0.717) is 10.6 Å². The van der Waals surface area contributed by atoms with Crippen LogP contribution in [0, 0.1) is 0 Å². The Morgan fingerprint density at radius 2 is 2.08 bits per heavy atom. The molecule has 3 aromatic rings. The number of rotatable bonds is 2. The molecule has 2 heterocycles. The number of nitrogens with zero attached hydrogens (tertiary/aromatic N) is 2. The topological polar surface area (TPSA) is 79.8 Å². The van der Waals surface area contributed by atoms with Crippen LogP contribution in [0.25, 0.3) is 12.2 Å². The van der Waals surface area contributed by atoms with Crippen molar-refractivity contribution in [2.24, 2.45) is 7.05 Å². The number of anilines is 1. The Labute approximate surface area is 157 Å². The fourth-order valence-electron chi connectivity index (χ4n) is 3.15. The summed E-state index contributed by atoms with van der Waals surface area (Å²) in [6, 6.07) is 5.57. The molecule has 8 heteroatoms. The number of aromatic amines is 1. The molecule has 0 bridgehead atoms. The van der Waals surface area contributed by atoms with Crippen molar-refractivity contribution in [3.05, 3.63) is 77.5 Å². The quantitative estimate of drug-likeness (QED) is 0.555. The second-order valence-corrected chi connectivity index (χ2v) is 7.48. The minimum Gasteiger partial charge on any atom is -0.365 e. The van der Waals surface area contributed by atoms with Gasteiger partial charge >= 0.3 is 5.69 Å². The van der Waals surface area contributed by atoms with Gasteiger partial charge in [-0.1, -0.05) is 35.1 Å². The van der Waals surface area contributed by atoms with Gasteiger partial charge in [-0.2, -0.15) is 0 Å². The molecule has 1 aliphatic rings. The summed E-state index contributed by atoms with van der Waals surface area (Å²) in [7, 11) is 3.42. The number of halogens is 1. The van der Waals surface area contributed by atoms with Gasteiger partial charge in [0.15, 0.2) is 5.13 Å². The predicted molar refractivity (Wildman–Crippen MR) is 105 cm³/mol. The van der Waals surface area contributed by atoms with Crippen molar-refractivity contribution >= 4 is 40.2 Å². The average Bonchev–Trinajstić information content (AvgIpc) is 2.96. The van der Waals surface area contributed by atoms with Crippen molar-refractivity contribution in [3.63, 3.8) is 0 Å². The highest BCUT2D eigenvalue weighted by molar-refractivity contribution is 7.16. The van der Waals surface area contributed by atoms with Gasteiger partial charge in [0.2, 0.25) is 0 Å². The third kappa shape index (κ3) is 2.69. The lowest BCUT2D eigenvalue weighted by Crippen LogP contribution is -2.32. The van der Waals surface area contributed by atoms with Crippen LogP contribution in [0.2, 0.25) is 5.02 Å². The lowest BCUT2D eigenvalue weighted by molar-refractivity contribution is 0.761. The third-order valence-corrected chi connectivity index (χ3v) is 5.68. The maximum atomic E-state index is 12.6. The zero-order valence-corrected chi connectivity index (χ0v) is 15.6. The molecule has 1 atom stereocenters. The molecule has 4 rings (SSSR count). The molecule has 0 radical (unpaired) electrons. The number of fused-ring (bicyclic) bond motifs is 2. The number of benzene rings is 1. The maximum absolute atomic E-state index is 12.6. The number of aryl methyl sites for hydroxylation is 1. The molecule has 0 spiro atoms. The Hall–Kier alpha value is -2.64. The van der Waals surface area contributed by atoms with Crippen LogP contribution in [0.4, 0.5) is 5.13 Å². The number of aromatic nitrogens is 3. The van der Waals surface area contributed by atoms with Crippen LogP contribution in [0.1, 0.15) is 33.2 Å². The molecule has 2 N–H and O–H groups in total. The Bertz CT molecular complexity index is 1160. The number of hydrogen-bond acceptors (Lipinski definition) is 5.